The maximum Gasteiger partial charge on any atom is 0.117 e. The van der Waals surface area contributed by atoms with Crippen LogP contribution in [0.15, 0.2) is 77.4 Å². The van der Waals surface area contributed by atoms with Crippen molar-refractivity contribution in [1.82, 2.24) is 5.32 Å². The zero-order valence-corrected chi connectivity index (χ0v) is 17.6. The summed E-state index contributed by atoms with van der Waals surface area (Å²) in [6.07, 6.45) is 8.25. The molecule has 0 atom stereocenters. The fourth-order valence-electron chi connectivity index (χ4n) is 3.37. The number of rotatable bonds is 5. The molecule has 0 spiro atoms. The van der Waals surface area contributed by atoms with E-state index in [-0.39, 0.29) is 5.76 Å². The minimum Gasteiger partial charge on any atom is -0.508 e. The summed E-state index contributed by atoms with van der Waals surface area (Å²) in [7, 11) is 0. The van der Waals surface area contributed by atoms with Crippen LogP contribution in [0.5, 0.6) is 0 Å². The van der Waals surface area contributed by atoms with Crippen molar-refractivity contribution in [2.24, 2.45) is 5.92 Å². The Hall–Kier alpha value is -2.36. The van der Waals surface area contributed by atoms with Crippen molar-refractivity contribution in [3.05, 3.63) is 93.0 Å². The molecule has 1 aromatic rings. The molecule has 3 rings (SSSR count). The lowest BCUT2D eigenvalue weighted by atomic mass is 9.90. The molecule has 0 bridgehead atoms. The molecular weight excluding hydrogens is 391 g/mol. The van der Waals surface area contributed by atoms with E-state index in [0.717, 1.165) is 40.8 Å². The largest absolute Gasteiger partial charge is 0.508 e. The van der Waals surface area contributed by atoms with Gasteiger partial charge in [0, 0.05) is 17.0 Å². The monoisotopic (exact) mass is 414 g/mol. The second-order valence-corrected chi connectivity index (χ2v) is 7.92. The number of aliphatic hydroxyl groups excluding tert-OH is 1. The normalized spacial score (nSPS) is 18.1. The Kier molecular flexibility index (Phi) is 5.78. The summed E-state index contributed by atoms with van der Waals surface area (Å²) in [4.78, 5) is 0. The lowest BCUT2D eigenvalue weighted by Crippen LogP contribution is -2.22. The van der Waals surface area contributed by atoms with Gasteiger partial charge in [-0.2, -0.15) is 0 Å². The van der Waals surface area contributed by atoms with Crippen LogP contribution < -0.4 is 11.1 Å². The van der Waals surface area contributed by atoms with Gasteiger partial charge in [-0.1, -0.05) is 48.5 Å². The van der Waals surface area contributed by atoms with E-state index in [1.54, 1.807) is 0 Å². The highest BCUT2D eigenvalue weighted by molar-refractivity contribution is 6.39. The van der Waals surface area contributed by atoms with Crippen molar-refractivity contribution in [2.45, 2.75) is 26.7 Å². The van der Waals surface area contributed by atoms with Crippen molar-refractivity contribution in [1.29, 1.82) is 0 Å². The van der Waals surface area contributed by atoms with Gasteiger partial charge >= 0.3 is 0 Å². The molecule has 0 unspecified atom stereocenters. The van der Waals surface area contributed by atoms with E-state index in [4.69, 9.17) is 28.9 Å². The van der Waals surface area contributed by atoms with Gasteiger partial charge in [0.25, 0.3) is 0 Å². The number of aliphatic hydroxyl groups is 1. The van der Waals surface area contributed by atoms with Crippen LogP contribution in [-0.2, 0) is 0 Å². The number of hydrogen-bond donors (Lipinski definition) is 3. The zero-order chi connectivity index (χ0) is 20.6. The van der Waals surface area contributed by atoms with Gasteiger partial charge in [-0.05, 0) is 73.1 Å². The van der Waals surface area contributed by atoms with Crippen LogP contribution in [0.3, 0.4) is 0 Å². The summed E-state index contributed by atoms with van der Waals surface area (Å²) in [5.41, 5.74) is 12.6. The Morgan fingerprint density at radius 2 is 1.89 bits per heavy atom. The third kappa shape index (κ3) is 3.91. The molecule has 0 radical (unpaired) electrons. The quantitative estimate of drug-likeness (QED) is 0.285. The molecule has 4 N–H and O–H groups in total. The first kappa shape index (κ1) is 20.4. The van der Waals surface area contributed by atoms with E-state index >= 15 is 0 Å². The Labute approximate surface area is 176 Å². The molecule has 1 aliphatic heterocycles. The van der Waals surface area contributed by atoms with Gasteiger partial charge < -0.3 is 16.2 Å². The average Bonchev–Trinajstić information content (AvgIpc) is 3.47. The van der Waals surface area contributed by atoms with Gasteiger partial charge in [0.2, 0.25) is 0 Å². The van der Waals surface area contributed by atoms with Crippen LogP contribution in [0.2, 0.25) is 10.0 Å². The van der Waals surface area contributed by atoms with E-state index in [9.17, 15) is 5.11 Å². The molecule has 5 heteroatoms. The third-order valence-electron chi connectivity index (χ3n) is 5.02. The summed E-state index contributed by atoms with van der Waals surface area (Å²) >= 11 is 12.6. The fourth-order valence-corrected chi connectivity index (χ4v) is 3.86. The standard InChI is InChI=1S/C23H24Cl2N2O/c1-5-6-17(16-9-20(24)22(26)21(25)10-16)12(2)23-19(15-7-8-15)11-18(14(4)28)13(3)27-23/h5-6,9-11,15,27-28H,3-4,7-8,26H2,1-2H3/b6-5-,17-12+. The molecule has 0 aromatic heterocycles. The predicted molar refractivity (Wildman–Crippen MR) is 120 cm³/mol. The minimum atomic E-state index is 0.0158. The summed E-state index contributed by atoms with van der Waals surface area (Å²) in [5, 5.41) is 14.1. The molecule has 1 aliphatic carbocycles. The molecule has 1 fully saturated rings. The average molecular weight is 415 g/mol. The molecule has 2 aliphatic rings. The van der Waals surface area contributed by atoms with Crippen LogP contribution in [0, 0.1) is 5.92 Å². The van der Waals surface area contributed by atoms with E-state index in [1.165, 1.54) is 0 Å². The predicted octanol–water partition coefficient (Wildman–Crippen LogP) is 6.70. The summed E-state index contributed by atoms with van der Waals surface area (Å²) in [6, 6.07) is 3.65. The lowest BCUT2D eigenvalue weighted by molar-refractivity contribution is 0.426. The first-order valence-electron chi connectivity index (χ1n) is 9.13. The number of allylic oxidation sites excluding steroid dienone is 6. The number of benzene rings is 1. The molecule has 1 heterocycles. The lowest BCUT2D eigenvalue weighted by Gasteiger charge is -2.26. The molecule has 0 saturated heterocycles. The van der Waals surface area contributed by atoms with Crippen molar-refractivity contribution >= 4 is 34.5 Å². The molecular formula is C23H24Cl2N2O. The first-order valence-corrected chi connectivity index (χ1v) is 9.89. The minimum absolute atomic E-state index is 0.0158. The summed E-state index contributed by atoms with van der Waals surface area (Å²) < 4.78 is 0. The van der Waals surface area contributed by atoms with Gasteiger partial charge in [0.15, 0.2) is 0 Å². The summed E-state index contributed by atoms with van der Waals surface area (Å²) in [6.45, 7) is 11.7. The zero-order valence-electron chi connectivity index (χ0n) is 16.1. The highest BCUT2D eigenvalue weighted by Crippen LogP contribution is 2.44. The maximum absolute atomic E-state index is 9.90. The van der Waals surface area contributed by atoms with E-state index < -0.39 is 0 Å². The number of nitrogens with two attached hydrogens (primary N) is 1. The molecule has 3 nitrogen and oxygen atoms in total. The Balaban J connectivity index is 2.22. The van der Waals surface area contributed by atoms with Crippen LogP contribution in [-0.4, -0.2) is 5.11 Å². The van der Waals surface area contributed by atoms with Gasteiger partial charge in [0.1, 0.15) is 5.76 Å². The second kappa shape index (κ2) is 7.94. The van der Waals surface area contributed by atoms with Gasteiger partial charge in [-0.25, -0.2) is 0 Å². The third-order valence-corrected chi connectivity index (χ3v) is 5.65. The Morgan fingerprint density at radius 3 is 2.39 bits per heavy atom. The fraction of sp³-hybridized carbons (Fsp3) is 0.217. The Morgan fingerprint density at radius 1 is 1.29 bits per heavy atom. The van der Waals surface area contributed by atoms with Crippen molar-refractivity contribution in [3.63, 3.8) is 0 Å². The molecule has 28 heavy (non-hydrogen) atoms. The molecule has 1 aromatic carbocycles. The van der Waals surface area contributed by atoms with Gasteiger partial charge in [-0.15, -0.1) is 0 Å². The van der Waals surface area contributed by atoms with Gasteiger partial charge in [0.05, 0.1) is 15.7 Å². The smallest absolute Gasteiger partial charge is 0.117 e. The van der Waals surface area contributed by atoms with E-state index in [0.29, 0.717) is 32.9 Å². The Bertz CT molecular complexity index is 969. The molecule has 146 valence electrons. The van der Waals surface area contributed by atoms with Crippen molar-refractivity contribution in [3.8, 4) is 0 Å². The highest BCUT2D eigenvalue weighted by atomic mass is 35.5. The van der Waals surface area contributed by atoms with E-state index in [2.05, 4.69) is 25.4 Å². The number of halogens is 2. The number of nitrogens with one attached hydrogen (secondary N) is 1. The van der Waals surface area contributed by atoms with Gasteiger partial charge in [-0.3, -0.25) is 0 Å². The molecule has 1 saturated carbocycles. The number of hydrogen-bond acceptors (Lipinski definition) is 3. The SMILES string of the molecule is C=C(O)C1=CC(C2CC2)=C(/C(C)=C(\C=C/C)c2cc(Cl)c(N)c(Cl)c2)NC1=C. The first-order chi connectivity index (χ1) is 13.2. The van der Waals surface area contributed by atoms with E-state index in [1.807, 2.05) is 37.3 Å². The number of anilines is 1. The highest BCUT2D eigenvalue weighted by Gasteiger charge is 2.31. The molecule has 0 amide bonds. The van der Waals surface area contributed by atoms with Crippen LogP contribution in [0.1, 0.15) is 32.3 Å². The number of dihydropyridines is 1. The maximum atomic E-state index is 9.90. The topological polar surface area (TPSA) is 58.3 Å². The van der Waals surface area contributed by atoms with Crippen LogP contribution in [0.25, 0.3) is 5.57 Å². The van der Waals surface area contributed by atoms with Crippen LogP contribution in [0.4, 0.5) is 5.69 Å². The number of nitrogen functional groups attached to an aromatic ring is 1. The van der Waals surface area contributed by atoms with Crippen molar-refractivity contribution in [2.75, 3.05) is 5.73 Å². The van der Waals surface area contributed by atoms with Crippen molar-refractivity contribution < 1.29 is 5.11 Å². The second-order valence-electron chi connectivity index (χ2n) is 7.11. The van der Waals surface area contributed by atoms with Crippen LogP contribution >= 0.6 is 23.2 Å². The summed E-state index contributed by atoms with van der Waals surface area (Å²) in [5.74, 6) is 0.479.